The molecule has 0 spiro atoms. The minimum atomic E-state index is -1.14. The molecule has 0 saturated carbocycles. The van der Waals surface area contributed by atoms with Gasteiger partial charge < -0.3 is 29.6 Å². The zero-order chi connectivity index (χ0) is 21.0. The van der Waals surface area contributed by atoms with Crippen molar-refractivity contribution in [3.63, 3.8) is 0 Å². The molecule has 154 valence electrons. The Hall–Kier alpha value is -2.81. The van der Waals surface area contributed by atoms with Crippen LogP contribution in [0.5, 0.6) is 11.5 Å². The van der Waals surface area contributed by atoms with Crippen molar-refractivity contribution in [2.45, 2.75) is 46.1 Å². The van der Waals surface area contributed by atoms with Crippen LogP contribution in [0.3, 0.4) is 0 Å². The number of esters is 1. The highest BCUT2D eigenvalue weighted by atomic mass is 16.7. The molecule has 0 aromatic heterocycles. The summed E-state index contributed by atoms with van der Waals surface area (Å²) < 4.78 is 20.6. The van der Waals surface area contributed by atoms with Gasteiger partial charge in [0.25, 0.3) is 0 Å². The van der Waals surface area contributed by atoms with E-state index < -0.39 is 30.4 Å². The topological polar surface area (TPSA) is 117 Å². The molecule has 2 N–H and O–H groups in total. The van der Waals surface area contributed by atoms with Crippen LogP contribution in [0.4, 0.5) is 4.79 Å². The van der Waals surface area contributed by atoms with E-state index in [4.69, 9.17) is 24.7 Å². The Morgan fingerprint density at radius 2 is 1.71 bits per heavy atom. The van der Waals surface area contributed by atoms with Crippen molar-refractivity contribution in [2.75, 3.05) is 13.8 Å². The van der Waals surface area contributed by atoms with E-state index in [0.29, 0.717) is 17.1 Å². The smallest absolute Gasteiger partial charge is 0.413 e. The van der Waals surface area contributed by atoms with E-state index in [2.05, 4.69) is 0 Å². The quantitative estimate of drug-likeness (QED) is 0.423. The number of ketones is 1. The molecule has 9 nitrogen and oxygen atoms in total. The molecule has 0 fully saturated rings. The van der Waals surface area contributed by atoms with Crippen molar-refractivity contribution in [1.29, 1.82) is 0 Å². The third-order valence-electron chi connectivity index (χ3n) is 4.44. The number of carbonyl (C=O) groups excluding carboxylic acids is 3. The highest BCUT2D eigenvalue weighted by Crippen LogP contribution is 2.33. The summed E-state index contributed by atoms with van der Waals surface area (Å²) >= 11 is 0. The average molecular weight is 394 g/mol. The number of nitrogens with zero attached hydrogens (tertiary/aromatic N) is 1. The Bertz CT molecular complexity index is 750. The number of ether oxygens (including phenoxy) is 4. The van der Waals surface area contributed by atoms with Crippen molar-refractivity contribution in [2.24, 2.45) is 11.7 Å². The summed E-state index contributed by atoms with van der Waals surface area (Å²) in [6.07, 6.45) is -1.94. The van der Waals surface area contributed by atoms with E-state index in [-0.39, 0.29) is 18.5 Å². The van der Waals surface area contributed by atoms with Gasteiger partial charge in [-0.15, -0.1) is 0 Å². The number of Topliss-reactive ketones (excluding diaryl/α,β-unsaturated/α-hetero) is 1. The van der Waals surface area contributed by atoms with Gasteiger partial charge in [0.15, 0.2) is 17.3 Å². The third kappa shape index (κ3) is 4.92. The summed E-state index contributed by atoms with van der Waals surface area (Å²) in [7, 11) is 1.42. The minimum absolute atomic E-state index is 0.103. The van der Waals surface area contributed by atoms with Gasteiger partial charge in [-0.25, -0.2) is 4.79 Å². The van der Waals surface area contributed by atoms with Crippen LogP contribution in [0, 0.1) is 5.92 Å². The first-order valence-corrected chi connectivity index (χ1v) is 8.95. The van der Waals surface area contributed by atoms with Crippen LogP contribution in [0.2, 0.25) is 0 Å². The molecule has 1 aliphatic rings. The highest BCUT2D eigenvalue weighted by Gasteiger charge is 2.28. The first-order valence-electron chi connectivity index (χ1n) is 8.95. The molecule has 0 radical (unpaired) electrons. The van der Waals surface area contributed by atoms with Gasteiger partial charge in [0.1, 0.15) is 6.04 Å². The monoisotopic (exact) mass is 394 g/mol. The van der Waals surface area contributed by atoms with Gasteiger partial charge >= 0.3 is 12.1 Å². The van der Waals surface area contributed by atoms with E-state index in [1.54, 1.807) is 39.0 Å². The zero-order valence-corrected chi connectivity index (χ0v) is 16.6. The molecule has 28 heavy (non-hydrogen) atoms. The van der Waals surface area contributed by atoms with Crippen LogP contribution in [-0.4, -0.2) is 55.0 Å². The molecular formula is C19H26N2O7. The summed E-state index contributed by atoms with van der Waals surface area (Å²) in [5.74, 6) is -0.0402. The van der Waals surface area contributed by atoms with Gasteiger partial charge in [-0.05, 0) is 31.0 Å². The minimum Gasteiger partial charge on any atom is -0.454 e. The molecular weight excluding hydrogens is 368 g/mol. The van der Waals surface area contributed by atoms with Gasteiger partial charge in [0.05, 0.1) is 6.04 Å². The third-order valence-corrected chi connectivity index (χ3v) is 4.44. The lowest BCUT2D eigenvalue weighted by Crippen LogP contribution is -2.43. The molecule has 3 atom stereocenters. The lowest BCUT2D eigenvalue weighted by Gasteiger charge is -2.25. The van der Waals surface area contributed by atoms with E-state index in [1.807, 2.05) is 0 Å². The normalized spacial score (nSPS) is 15.5. The molecule has 2 rings (SSSR count). The predicted molar refractivity (Wildman–Crippen MR) is 99.0 cm³/mol. The average Bonchev–Trinajstić information content (AvgIpc) is 3.12. The molecule has 1 aromatic carbocycles. The molecule has 1 heterocycles. The van der Waals surface area contributed by atoms with Crippen LogP contribution >= 0.6 is 0 Å². The first kappa shape index (κ1) is 21.5. The maximum Gasteiger partial charge on any atom is 0.413 e. The van der Waals surface area contributed by atoms with Gasteiger partial charge in [-0.1, -0.05) is 13.8 Å². The Morgan fingerprint density at radius 1 is 1.07 bits per heavy atom. The van der Waals surface area contributed by atoms with Gasteiger partial charge in [0, 0.05) is 19.5 Å². The van der Waals surface area contributed by atoms with Crippen molar-refractivity contribution in [3.05, 3.63) is 23.8 Å². The van der Waals surface area contributed by atoms with Crippen LogP contribution in [-0.2, 0) is 14.3 Å². The fourth-order valence-corrected chi connectivity index (χ4v) is 2.39. The maximum atomic E-state index is 12.7. The summed E-state index contributed by atoms with van der Waals surface area (Å²) in [6.45, 7) is 6.63. The number of hydrogen-bond donors (Lipinski definition) is 1. The first-order chi connectivity index (χ1) is 13.1. The summed E-state index contributed by atoms with van der Waals surface area (Å²) in [5.41, 5.74) is 6.07. The molecule has 9 heteroatoms. The van der Waals surface area contributed by atoms with Crippen molar-refractivity contribution in [3.8, 4) is 11.5 Å². The molecule has 1 amide bonds. The molecule has 3 unspecified atom stereocenters. The molecule has 1 aromatic rings. The van der Waals surface area contributed by atoms with Crippen LogP contribution in [0.1, 0.15) is 38.1 Å². The molecule has 1 aliphatic heterocycles. The number of hydrogen-bond acceptors (Lipinski definition) is 8. The number of amides is 1. The predicted octanol–water partition coefficient (Wildman–Crippen LogP) is 1.93. The zero-order valence-electron chi connectivity index (χ0n) is 16.6. The van der Waals surface area contributed by atoms with Gasteiger partial charge in [-0.2, -0.15) is 0 Å². The Labute approximate surface area is 163 Å². The Morgan fingerprint density at radius 3 is 2.36 bits per heavy atom. The largest absolute Gasteiger partial charge is 0.454 e. The Balaban J connectivity index is 1.94. The van der Waals surface area contributed by atoms with Gasteiger partial charge in [0.2, 0.25) is 13.1 Å². The lowest BCUT2D eigenvalue weighted by molar-refractivity contribution is -0.168. The number of rotatable bonds is 7. The van der Waals surface area contributed by atoms with Crippen molar-refractivity contribution in [1.82, 2.24) is 4.90 Å². The molecule has 0 bridgehead atoms. The summed E-state index contributed by atoms with van der Waals surface area (Å²) in [4.78, 5) is 37.9. The van der Waals surface area contributed by atoms with Crippen molar-refractivity contribution >= 4 is 17.8 Å². The molecule has 0 saturated heterocycles. The van der Waals surface area contributed by atoms with E-state index in [9.17, 15) is 14.4 Å². The van der Waals surface area contributed by atoms with E-state index in [0.717, 1.165) is 4.90 Å². The number of benzene rings is 1. The Kier molecular flexibility index (Phi) is 6.85. The summed E-state index contributed by atoms with van der Waals surface area (Å²) in [6, 6.07) is 3.18. The number of carbonyl (C=O) groups is 3. The van der Waals surface area contributed by atoms with Crippen LogP contribution in [0.25, 0.3) is 0 Å². The summed E-state index contributed by atoms with van der Waals surface area (Å²) in [5, 5.41) is 0. The van der Waals surface area contributed by atoms with E-state index in [1.165, 1.54) is 14.0 Å². The fourth-order valence-electron chi connectivity index (χ4n) is 2.39. The van der Waals surface area contributed by atoms with Crippen molar-refractivity contribution < 1.29 is 33.3 Å². The van der Waals surface area contributed by atoms with Crippen LogP contribution < -0.4 is 15.2 Å². The SMILES string of the molecule is CC(OC(=O)C(N)C(C)C)OC(=O)N(C)C(C)C(=O)c1ccc2c(c1)OCO2. The van der Waals surface area contributed by atoms with E-state index >= 15 is 0 Å². The lowest BCUT2D eigenvalue weighted by atomic mass is 10.0. The second-order valence-corrected chi connectivity index (χ2v) is 6.88. The van der Waals surface area contributed by atoms with Gasteiger partial charge in [-0.3, -0.25) is 9.59 Å². The second-order valence-electron chi connectivity index (χ2n) is 6.88. The second kappa shape index (κ2) is 8.92. The highest BCUT2D eigenvalue weighted by molar-refractivity contribution is 6.01. The fraction of sp³-hybridized carbons (Fsp3) is 0.526. The number of fused-ring (bicyclic) bond motifs is 1. The maximum absolute atomic E-state index is 12.7. The molecule has 0 aliphatic carbocycles. The number of nitrogens with two attached hydrogens (primary N) is 1. The van der Waals surface area contributed by atoms with Crippen LogP contribution in [0.15, 0.2) is 18.2 Å². The standard InChI is InChI=1S/C19H26N2O7/c1-10(2)16(20)18(23)27-12(4)28-19(24)21(5)11(3)17(22)13-6-7-14-15(8-13)26-9-25-14/h6-8,10-12,16H,9,20H2,1-5H3. The number of likely N-dealkylation sites (N-methyl/N-ethyl adjacent to an activating group) is 1.